The maximum Gasteiger partial charge on any atom is 0.287 e. The molecule has 0 aliphatic heterocycles. The molecule has 0 aliphatic carbocycles. The molecule has 6 heteroatoms. The Hall–Kier alpha value is -2.24. The van der Waals surface area contributed by atoms with Gasteiger partial charge in [0.05, 0.1) is 12.8 Å². The molecule has 0 radical (unpaired) electrons. The molecule has 0 saturated carbocycles. The zero-order valence-corrected chi connectivity index (χ0v) is 12.6. The average molecular weight is 320 g/mol. The Bertz CT molecular complexity index is 805. The van der Waals surface area contributed by atoms with Crippen LogP contribution in [0.5, 0.6) is 0 Å². The summed E-state index contributed by atoms with van der Waals surface area (Å²) in [4.78, 5) is 12.1. The molecule has 2 N–H and O–H groups in total. The van der Waals surface area contributed by atoms with E-state index in [4.69, 9.17) is 20.4 Å². The van der Waals surface area contributed by atoms with Gasteiger partial charge in [-0.25, -0.2) is 0 Å². The summed E-state index contributed by atoms with van der Waals surface area (Å²) in [6.07, 6.45) is 1.47. The van der Waals surface area contributed by atoms with Crippen LogP contribution in [0.2, 0.25) is 5.02 Å². The standard InChI is InChI=1S/C16H14ClNO4/c1-16(20,14-3-2-6-21-14)9-18-15(19)13-8-10-7-11(17)4-5-12(10)22-13/h2-8,20H,9H2,1H3,(H,18,19). The molecule has 5 nitrogen and oxygen atoms in total. The van der Waals surface area contributed by atoms with Gasteiger partial charge in [0.2, 0.25) is 0 Å². The van der Waals surface area contributed by atoms with Gasteiger partial charge in [-0.1, -0.05) is 11.6 Å². The predicted molar refractivity (Wildman–Crippen MR) is 81.8 cm³/mol. The molecule has 114 valence electrons. The van der Waals surface area contributed by atoms with Crippen LogP contribution in [0.25, 0.3) is 11.0 Å². The first kappa shape index (κ1) is 14.7. The van der Waals surface area contributed by atoms with Crippen molar-refractivity contribution in [2.45, 2.75) is 12.5 Å². The van der Waals surface area contributed by atoms with Gasteiger partial charge in [0.25, 0.3) is 5.91 Å². The number of aliphatic hydroxyl groups is 1. The fourth-order valence-corrected chi connectivity index (χ4v) is 2.32. The Morgan fingerprint density at radius 2 is 2.18 bits per heavy atom. The minimum atomic E-state index is -1.30. The van der Waals surface area contributed by atoms with Crippen LogP contribution < -0.4 is 5.32 Å². The summed E-state index contributed by atoms with van der Waals surface area (Å²) in [6, 6.07) is 10.0. The maximum absolute atomic E-state index is 12.1. The zero-order chi connectivity index (χ0) is 15.7. The number of hydrogen-bond acceptors (Lipinski definition) is 4. The molecule has 2 heterocycles. The third kappa shape index (κ3) is 2.86. The molecule has 1 unspecified atom stereocenters. The van der Waals surface area contributed by atoms with Crippen molar-refractivity contribution >= 4 is 28.5 Å². The second-order valence-corrected chi connectivity index (χ2v) is 5.66. The van der Waals surface area contributed by atoms with Crippen molar-refractivity contribution < 1.29 is 18.7 Å². The van der Waals surface area contributed by atoms with Gasteiger partial charge in [0.15, 0.2) is 5.76 Å². The number of halogens is 1. The van der Waals surface area contributed by atoms with Crippen LogP contribution in [0, 0.1) is 0 Å². The third-order valence-electron chi connectivity index (χ3n) is 3.35. The fourth-order valence-electron chi connectivity index (χ4n) is 2.14. The number of furan rings is 2. The quantitative estimate of drug-likeness (QED) is 0.773. The summed E-state index contributed by atoms with van der Waals surface area (Å²) in [7, 11) is 0. The molecule has 0 saturated heterocycles. The van der Waals surface area contributed by atoms with E-state index in [9.17, 15) is 9.90 Å². The van der Waals surface area contributed by atoms with Crippen LogP contribution in [0.1, 0.15) is 23.2 Å². The minimum Gasteiger partial charge on any atom is -0.466 e. The van der Waals surface area contributed by atoms with Crippen molar-refractivity contribution in [1.29, 1.82) is 0 Å². The van der Waals surface area contributed by atoms with E-state index >= 15 is 0 Å². The first-order chi connectivity index (χ1) is 10.5. The Morgan fingerprint density at radius 3 is 2.91 bits per heavy atom. The molecule has 22 heavy (non-hydrogen) atoms. The van der Waals surface area contributed by atoms with Crippen LogP contribution in [-0.4, -0.2) is 17.6 Å². The van der Waals surface area contributed by atoms with E-state index in [0.29, 0.717) is 16.4 Å². The largest absolute Gasteiger partial charge is 0.466 e. The van der Waals surface area contributed by atoms with Gasteiger partial charge in [-0.05, 0) is 43.3 Å². The number of benzene rings is 1. The van der Waals surface area contributed by atoms with Gasteiger partial charge in [0, 0.05) is 10.4 Å². The summed E-state index contributed by atoms with van der Waals surface area (Å²) in [5.74, 6) is 0.121. The highest BCUT2D eigenvalue weighted by atomic mass is 35.5. The number of nitrogens with one attached hydrogen (secondary N) is 1. The topological polar surface area (TPSA) is 75.6 Å². The molecule has 0 aliphatic rings. The van der Waals surface area contributed by atoms with Gasteiger partial charge in [0.1, 0.15) is 16.9 Å². The van der Waals surface area contributed by atoms with Crippen molar-refractivity contribution in [3.05, 3.63) is 59.2 Å². The van der Waals surface area contributed by atoms with Crippen molar-refractivity contribution in [1.82, 2.24) is 5.32 Å². The Kier molecular flexibility index (Phi) is 3.68. The lowest BCUT2D eigenvalue weighted by Gasteiger charge is -2.20. The average Bonchev–Trinajstić information content (AvgIpc) is 3.13. The van der Waals surface area contributed by atoms with Crippen molar-refractivity contribution in [3.63, 3.8) is 0 Å². The highest BCUT2D eigenvalue weighted by Crippen LogP contribution is 2.24. The molecular weight excluding hydrogens is 306 g/mol. The van der Waals surface area contributed by atoms with Crippen molar-refractivity contribution in [2.24, 2.45) is 0 Å². The molecule has 0 spiro atoms. The SMILES string of the molecule is CC(O)(CNC(=O)c1cc2cc(Cl)ccc2o1)c1ccco1. The first-order valence-corrected chi connectivity index (χ1v) is 7.07. The Labute approximate surface area is 131 Å². The summed E-state index contributed by atoms with van der Waals surface area (Å²) >= 11 is 5.90. The Morgan fingerprint density at radius 1 is 1.36 bits per heavy atom. The molecule has 1 amide bonds. The van der Waals surface area contributed by atoms with Gasteiger partial charge in [-0.15, -0.1) is 0 Å². The molecule has 0 bridgehead atoms. The summed E-state index contributed by atoms with van der Waals surface area (Å²) in [5, 5.41) is 14.2. The van der Waals surface area contributed by atoms with Crippen LogP contribution in [-0.2, 0) is 5.60 Å². The molecule has 3 rings (SSSR count). The van der Waals surface area contributed by atoms with Crippen LogP contribution in [0.4, 0.5) is 0 Å². The number of hydrogen-bond donors (Lipinski definition) is 2. The number of fused-ring (bicyclic) bond motifs is 1. The second kappa shape index (κ2) is 5.51. The third-order valence-corrected chi connectivity index (χ3v) is 3.58. The number of amides is 1. The molecule has 3 aromatic rings. The van der Waals surface area contributed by atoms with Gasteiger partial charge < -0.3 is 19.3 Å². The summed E-state index contributed by atoms with van der Waals surface area (Å²) < 4.78 is 10.6. The van der Waals surface area contributed by atoms with E-state index in [1.807, 2.05) is 0 Å². The van der Waals surface area contributed by atoms with Crippen LogP contribution in [0.3, 0.4) is 0 Å². The van der Waals surface area contributed by atoms with E-state index in [0.717, 1.165) is 5.39 Å². The molecule has 1 aromatic carbocycles. The summed E-state index contributed by atoms with van der Waals surface area (Å²) in [6.45, 7) is 1.56. The van der Waals surface area contributed by atoms with Crippen LogP contribution >= 0.6 is 11.6 Å². The van der Waals surface area contributed by atoms with E-state index in [2.05, 4.69) is 5.32 Å². The summed E-state index contributed by atoms with van der Waals surface area (Å²) in [5.41, 5.74) is -0.721. The molecule has 1 atom stereocenters. The normalized spacial score (nSPS) is 14.0. The van der Waals surface area contributed by atoms with Crippen molar-refractivity contribution in [2.75, 3.05) is 6.54 Å². The zero-order valence-electron chi connectivity index (χ0n) is 11.8. The lowest BCUT2D eigenvalue weighted by molar-refractivity contribution is 0.0326. The van der Waals surface area contributed by atoms with E-state index in [-0.39, 0.29) is 12.3 Å². The molecular formula is C16H14ClNO4. The van der Waals surface area contributed by atoms with Gasteiger partial charge in [-0.3, -0.25) is 4.79 Å². The van der Waals surface area contributed by atoms with Gasteiger partial charge in [-0.2, -0.15) is 0 Å². The number of carbonyl (C=O) groups is 1. The van der Waals surface area contributed by atoms with Crippen LogP contribution in [0.15, 0.2) is 51.5 Å². The van der Waals surface area contributed by atoms with E-state index in [1.54, 1.807) is 43.3 Å². The van der Waals surface area contributed by atoms with Crippen molar-refractivity contribution in [3.8, 4) is 0 Å². The number of carbonyl (C=O) groups excluding carboxylic acids is 1. The smallest absolute Gasteiger partial charge is 0.287 e. The highest BCUT2D eigenvalue weighted by Gasteiger charge is 2.27. The van der Waals surface area contributed by atoms with E-state index < -0.39 is 11.5 Å². The lowest BCUT2D eigenvalue weighted by atomic mass is 10.0. The minimum absolute atomic E-state index is 0.00283. The molecule has 2 aromatic heterocycles. The highest BCUT2D eigenvalue weighted by molar-refractivity contribution is 6.31. The monoisotopic (exact) mass is 319 g/mol. The first-order valence-electron chi connectivity index (χ1n) is 6.69. The maximum atomic E-state index is 12.1. The number of rotatable bonds is 4. The fraction of sp³-hybridized carbons (Fsp3) is 0.188. The molecule has 0 fully saturated rings. The van der Waals surface area contributed by atoms with E-state index in [1.165, 1.54) is 6.26 Å². The second-order valence-electron chi connectivity index (χ2n) is 5.23. The van der Waals surface area contributed by atoms with Gasteiger partial charge >= 0.3 is 0 Å². The lowest BCUT2D eigenvalue weighted by Crippen LogP contribution is -2.38. The predicted octanol–water partition coefficient (Wildman–Crippen LogP) is 3.32. The Balaban J connectivity index is 1.73.